The molecule has 1 aromatic heterocycles. The van der Waals surface area contributed by atoms with Gasteiger partial charge in [0.05, 0.1) is 4.92 Å². The van der Waals surface area contributed by atoms with Gasteiger partial charge in [-0.25, -0.2) is 0 Å². The number of fused-ring (bicyclic) bond motifs is 1. The summed E-state index contributed by atoms with van der Waals surface area (Å²) in [7, 11) is 2.19. The van der Waals surface area contributed by atoms with E-state index in [0.29, 0.717) is 6.04 Å². The first-order chi connectivity index (χ1) is 9.65. The first kappa shape index (κ1) is 13.1. The van der Waals surface area contributed by atoms with E-state index in [2.05, 4.69) is 16.5 Å². The highest BCUT2D eigenvalue weighted by Gasteiger charge is 2.20. The van der Waals surface area contributed by atoms with Crippen LogP contribution in [0.15, 0.2) is 30.5 Å². The van der Waals surface area contributed by atoms with E-state index < -0.39 is 0 Å². The van der Waals surface area contributed by atoms with Crippen LogP contribution in [0.1, 0.15) is 19.3 Å². The number of aryl methyl sites for hydroxylation is 1. The van der Waals surface area contributed by atoms with Crippen molar-refractivity contribution in [2.45, 2.75) is 31.8 Å². The van der Waals surface area contributed by atoms with Crippen molar-refractivity contribution in [2.24, 2.45) is 0 Å². The maximum absolute atomic E-state index is 10.8. The molecule has 3 rings (SSSR count). The molecule has 1 aliphatic heterocycles. The third-order valence-electron chi connectivity index (χ3n) is 4.34. The Balaban J connectivity index is 1.77. The summed E-state index contributed by atoms with van der Waals surface area (Å²) in [6, 6.07) is 7.71. The number of aromatic nitrogens is 1. The molecule has 1 saturated heterocycles. The van der Waals surface area contributed by atoms with Gasteiger partial charge in [0.25, 0.3) is 5.69 Å². The molecule has 0 radical (unpaired) electrons. The molecular weight excluding hydrogens is 254 g/mol. The summed E-state index contributed by atoms with van der Waals surface area (Å²) in [6.07, 6.45) is 5.74. The number of likely N-dealkylation sites (tertiary alicyclic amines) is 1. The topological polar surface area (TPSA) is 51.3 Å². The van der Waals surface area contributed by atoms with Gasteiger partial charge in [-0.2, -0.15) is 0 Å². The van der Waals surface area contributed by atoms with Gasteiger partial charge in [0.1, 0.15) is 0 Å². The fraction of sp³-hybridized carbons (Fsp3) is 0.467. The lowest BCUT2D eigenvalue weighted by Crippen LogP contribution is -2.25. The van der Waals surface area contributed by atoms with Crippen LogP contribution < -0.4 is 0 Å². The van der Waals surface area contributed by atoms with Crippen molar-refractivity contribution >= 4 is 16.6 Å². The van der Waals surface area contributed by atoms with Crippen molar-refractivity contribution in [1.29, 1.82) is 0 Å². The lowest BCUT2D eigenvalue weighted by molar-refractivity contribution is -0.384. The lowest BCUT2D eigenvalue weighted by atomic mass is 10.1. The van der Waals surface area contributed by atoms with E-state index in [1.165, 1.54) is 19.4 Å². The Labute approximate surface area is 117 Å². The van der Waals surface area contributed by atoms with Gasteiger partial charge in [0.2, 0.25) is 0 Å². The number of non-ortho nitro benzene ring substituents is 1. The van der Waals surface area contributed by atoms with E-state index in [4.69, 9.17) is 0 Å². The minimum Gasteiger partial charge on any atom is -0.347 e. The molecule has 2 heterocycles. The van der Waals surface area contributed by atoms with Crippen LogP contribution in [0.2, 0.25) is 0 Å². The van der Waals surface area contributed by atoms with Crippen LogP contribution in [0.3, 0.4) is 0 Å². The third-order valence-corrected chi connectivity index (χ3v) is 4.34. The van der Waals surface area contributed by atoms with Crippen LogP contribution in [0.4, 0.5) is 5.69 Å². The van der Waals surface area contributed by atoms with Gasteiger partial charge >= 0.3 is 0 Å². The quantitative estimate of drug-likeness (QED) is 0.635. The molecule has 1 aliphatic rings. The predicted octanol–water partition coefficient (Wildman–Crippen LogP) is 3.03. The van der Waals surface area contributed by atoms with Crippen molar-refractivity contribution < 1.29 is 4.92 Å². The van der Waals surface area contributed by atoms with Crippen LogP contribution in [0.25, 0.3) is 10.9 Å². The summed E-state index contributed by atoms with van der Waals surface area (Å²) in [6.45, 7) is 2.17. The zero-order valence-electron chi connectivity index (χ0n) is 11.7. The van der Waals surface area contributed by atoms with Crippen LogP contribution in [0, 0.1) is 10.1 Å². The maximum atomic E-state index is 10.8. The lowest BCUT2D eigenvalue weighted by Gasteiger charge is -2.19. The summed E-state index contributed by atoms with van der Waals surface area (Å²) < 4.78 is 2.20. The van der Waals surface area contributed by atoms with E-state index in [1.807, 2.05) is 18.3 Å². The second-order valence-electron chi connectivity index (χ2n) is 5.57. The van der Waals surface area contributed by atoms with Gasteiger partial charge in [-0.3, -0.25) is 10.1 Å². The predicted molar refractivity (Wildman–Crippen MR) is 78.9 cm³/mol. The fourth-order valence-corrected chi connectivity index (χ4v) is 3.13. The van der Waals surface area contributed by atoms with E-state index in [9.17, 15) is 10.1 Å². The maximum Gasteiger partial charge on any atom is 0.270 e. The van der Waals surface area contributed by atoms with Crippen LogP contribution in [0.5, 0.6) is 0 Å². The van der Waals surface area contributed by atoms with Gasteiger partial charge in [-0.1, -0.05) is 0 Å². The van der Waals surface area contributed by atoms with Gasteiger partial charge in [0, 0.05) is 41.8 Å². The van der Waals surface area contributed by atoms with Crippen molar-refractivity contribution in [3.05, 3.63) is 40.6 Å². The van der Waals surface area contributed by atoms with E-state index in [-0.39, 0.29) is 10.6 Å². The Morgan fingerprint density at radius 1 is 1.40 bits per heavy atom. The Hall–Kier alpha value is -1.88. The second-order valence-corrected chi connectivity index (χ2v) is 5.57. The Morgan fingerprint density at radius 3 is 2.95 bits per heavy atom. The van der Waals surface area contributed by atoms with Gasteiger partial charge in [0.15, 0.2) is 0 Å². The minimum absolute atomic E-state index is 0.158. The zero-order chi connectivity index (χ0) is 14.1. The summed E-state index contributed by atoms with van der Waals surface area (Å²) in [5.41, 5.74) is 1.24. The zero-order valence-corrected chi connectivity index (χ0v) is 11.7. The van der Waals surface area contributed by atoms with Gasteiger partial charge in [-0.05, 0) is 45.0 Å². The van der Waals surface area contributed by atoms with Crippen molar-refractivity contribution in [1.82, 2.24) is 9.47 Å². The van der Waals surface area contributed by atoms with Crippen LogP contribution in [-0.2, 0) is 6.54 Å². The number of nitrogens with zero attached hydrogens (tertiary/aromatic N) is 3. The summed E-state index contributed by atoms with van der Waals surface area (Å²) in [5, 5.41) is 11.7. The molecule has 1 atom stereocenters. The molecule has 0 spiro atoms. The molecule has 0 bridgehead atoms. The Bertz CT molecular complexity index is 635. The Kier molecular flexibility index (Phi) is 3.44. The molecule has 106 valence electrons. The standard InChI is InChI=1S/C15H19N3O2/c1-16-8-2-3-13(16)7-10-17-9-6-12-11-14(18(19)20)4-5-15(12)17/h4-6,9,11,13H,2-3,7-8,10H2,1H3. The van der Waals surface area contributed by atoms with E-state index in [1.54, 1.807) is 12.1 Å². The van der Waals surface area contributed by atoms with Crippen molar-refractivity contribution in [3.63, 3.8) is 0 Å². The number of rotatable bonds is 4. The van der Waals surface area contributed by atoms with Crippen molar-refractivity contribution in [2.75, 3.05) is 13.6 Å². The average molecular weight is 273 g/mol. The molecule has 5 heteroatoms. The largest absolute Gasteiger partial charge is 0.347 e. The molecule has 1 fully saturated rings. The highest BCUT2D eigenvalue weighted by Crippen LogP contribution is 2.24. The number of nitro benzene ring substituents is 1. The molecule has 0 aliphatic carbocycles. The van der Waals surface area contributed by atoms with E-state index >= 15 is 0 Å². The second kappa shape index (κ2) is 5.25. The van der Waals surface area contributed by atoms with Crippen LogP contribution >= 0.6 is 0 Å². The molecule has 1 aromatic carbocycles. The smallest absolute Gasteiger partial charge is 0.270 e. The van der Waals surface area contributed by atoms with Gasteiger partial charge in [-0.15, -0.1) is 0 Å². The summed E-state index contributed by atoms with van der Waals surface area (Å²) >= 11 is 0. The number of hydrogen-bond donors (Lipinski definition) is 0. The highest BCUT2D eigenvalue weighted by molar-refractivity contribution is 5.82. The molecule has 0 saturated carbocycles. The molecule has 2 aromatic rings. The van der Waals surface area contributed by atoms with Crippen molar-refractivity contribution in [3.8, 4) is 0 Å². The minimum atomic E-state index is -0.343. The molecule has 5 nitrogen and oxygen atoms in total. The first-order valence-electron chi connectivity index (χ1n) is 7.08. The number of nitro groups is 1. The molecular formula is C15H19N3O2. The average Bonchev–Trinajstić information content (AvgIpc) is 3.02. The van der Waals surface area contributed by atoms with E-state index in [0.717, 1.165) is 23.9 Å². The number of hydrogen-bond acceptors (Lipinski definition) is 3. The number of benzene rings is 1. The third kappa shape index (κ3) is 2.41. The SMILES string of the molecule is CN1CCCC1CCn1ccc2cc([N+](=O)[O-])ccc21. The molecule has 1 unspecified atom stereocenters. The summed E-state index contributed by atoms with van der Waals surface area (Å²) in [4.78, 5) is 12.9. The molecule has 20 heavy (non-hydrogen) atoms. The molecule has 0 N–H and O–H groups in total. The van der Waals surface area contributed by atoms with Crippen LogP contribution in [-0.4, -0.2) is 34.0 Å². The first-order valence-corrected chi connectivity index (χ1v) is 7.08. The van der Waals surface area contributed by atoms with Gasteiger partial charge < -0.3 is 9.47 Å². The highest BCUT2D eigenvalue weighted by atomic mass is 16.6. The summed E-state index contributed by atoms with van der Waals surface area (Å²) in [5.74, 6) is 0. The monoisotopic (exact) mass is 273 g/mol. The molecule has 0 amide bonds. The fourth-order valence-electron chi connectivity index (χ4n) is 3.13. The Morgan fingerprint density at radius 2 is 2.25 bits per heavy atom. The normalized spacial score (nSPS) is 19.8.